The molecule has 0 fully saturated rings. The molecule has 0 spiro atoms. The van der Waals surface area contributed by atoms with Gasteiger partial charge in [-0.3, -0.25) is 4.79 Å². The van der Waals surface area contributed by atoms with E-state index in [9.17, 15) is 4.79 Å². The van der Waals surface area contributed by atoms with E-state index in [0.717, 1.165) is 11.4 Å². The van der Waals surface area contributed by atoms with Crippen LogP contribution in [-0.2, 0) is 0 Å². The monoisotopic (exact) mass is 276 g/mol. The molecule has 5 nitrogen and oxygen atoms in total. The Morgan fingerprint density at radius 1 is 1.26 bits per heavy atom. The second-order valence-electron chi connectivity index (χ2n) is 4.08. The Balaban J connectivity index is 2.42. The van der Waals surface area contributed by atoms with Crippen LogP contribution in [0.4, 0.5) is 17.2 Å². The molecule has 0 saturated heterocycles. The standard InChI is InChI=1S/C13H13ClN4O/c1-18(2)11-6-4-3-5-10(11)17-13-9(7-19)12(14)15-8-16-13/h3-8H,1-2H3,(H,15,16,17). The Morgan fingerprint density at radius 2 is 2.00 bits per heavy atom. The molecule has 0 unspecified atom stereocenters. The lowest BCUT2D eigenvalue weighted by Crippen LogP contribution is -2.11. The number of benzene rings is 1. The van der Waals surface area contributed by atoms with Gasteiger partial charge in [-0.2, -0.15) is 0 Å². The van der Waals surface area contributed by atoms with Gasteiger partial charge in [0, 0.05) is 14.1 Å². The van der Waals surface area contributed by atoms with Gasteiger partial charge in [-0.05, 0) is 12.1 Å². The number of halogens is 1. The first-order valence-corrected chi connectivity index (χ1v) is 6.00. The second kappa shape index (κ2) is 5.67. The van der Waals surface area contributed by atoms with Crippen molar-refractivity contribution in [3.05, 3.63) is 41.3 Å². The number of aromatic nitrogens is 2. The number of aldehydes is 1. The normalized spacial score (nSPS) is 10.1. The van der Waals surface area contributed by atoms with Crippen molar-refractivity contribution in [3.63, 3.8) is 0 Å². The summed E-state index contributed by atoms with van der Waals surface area (Å²) in [6, 6.07) is 7.71. The highest BCUT2D eigenvalue weighted by molar-refractivity contribution is 6.32. The van der Waals surface area contributed by atoms with Gasteiger partial charge in [0.15, 0.2) is 6.29 Å². The zero-order chi connectivity index (χ0) is 13.8. The molecular weight excluding hydrogens is 264 g/mol. The summed E-state index contributed by atoms with van der Waals surface area (Å²) in [5.74, 6) is 0.393. The molecule has 2 rings (SSSR count). The Morgan fingerprint density at radius 3 is 2.68 bits per heavy atom. The first-order valence-electron chi connectivity index (χ1n) is 5.62. The van der Waals surface area contributed by atoms with Gasteiger partial charge in [-0.1, -0.05) is 23.7 Å². The molecule has 2 aromatic rings. The number of carbonyl (C=O) groups is 1. The smallest absolute Gasteiger partial charge is 0.156 e. The summed E-state index contributed by atoms with van der Waals surface area (Å²) in [6.45, 7) is 0. The SMILES string of the molecule is CN(C)c1ccccc1Nc1ncnc(Cl)c1C=O. The number of hydrogen-bond donors (Lipinski definition) is 1. The third-order valence-corrected chi connectivity index (χ3v) is 2.89. The Hall–Kier alpha value is -2.14. The molecule has 6 heteroatoms. The van der Waals surface area contributed by atoms with Crippen LogP contribution in [0.15, 0.2) is 30.6 Å². The van der Waals surface area contributed by atoms with Crippen molar-refractivity contribution < 1.29 is 4.79 Å². The van der Waals surface area contributed by atoms with Crippen molar-refractivity contribution in [3.8, 4) is 0 Å². The van der Waals surface area contributed by atoms with Gasteiger partial charge in [0.25, 0.3) is 0 Å². The molecule has 19 heavy (non-hydrogen) atoms. The summed E-state index contributed by atoms with van der Waals surface area (Å²) in [5, 5.41) is 3.24. The van der Waals surface area contributed by atoms with Crippen LogP contribution in [0.5, 0.6) is 0 Å². The molecule has 0 saturated carbocycles. The largest absolute Gasteiger partial charge is 0.376 e. The highest BCUT2D eigenvalue weighted by Gasteiger charge is 2.11. The number of hydrogen-bond acceptors (Lipinski definition) is 5. The third-order valence-electron chi connectivity index (χ3n) is 2.59. The summed E-state index contributed by atoms with van der Waals surface area (Å²) in [7, 11) is 3.88. The molecule has 1 N–H and O–H groups in total. The van der Waals surface area contributed by atoms with Crippen LogP contribution in [0.1, 0.15) is 10.4 Å². The van der Waals surface area contributed by atoms with Crippen molar-refractivity contribution in [2.24, 2.45) is 0 Å². The molecule has 1 aromatic heterocycles. The molecule has 1 heterocycles. The fraction of sp³-hybridized carbons (Fsp3) is 0.154. The van der Waals surface area contributed by atoms with Gasteiger partial charge in [0.05, 0.1) is 16.9 Å². The van der Waals surface area contributed by atoms with Crippen LogP contribution in [0.3, 0.4) is 0 Å². The van der Waals surface area contributed by atoms with E-state index in [1.165, 1.54) is 6.33 Å². The van der Waals surface area contributed by atoms with Crippen LogP contribution in [0.25, 0.3) is 0 Å². The molecule has 0 atom stereocenters. The lowest BCUT2D eigenvalue weighted by atomic mass is 10.2. The highest BCUT2D eigenvalue weighted by Crippen LogP contribution is 2.28. The van der Waals surface area contributed by atoms with E-state index in [0.29, 0.717) is 12.1 Å². The Labute approximate surface area is 116 Å². The Kier molecular flexibility index (Phi) is 3.97. The molecule has 98 valence electrons. The van der Waals surface area contributed by atoms with E-state index in [-0.39, 0.29) is 10.7 Å². The van der Waals surface area contributed by atoms with Gasteiger partial charge in [0.1, 0.15) is 17.3 Å². The molecule has 0 amide bonds. The van der Waals surface area contributed by atoms with Gasteiger partial charge in [0.2, 0.25) is 0 Å². The average Bonchev–Trinajstić information content (AvgIpc) is 2.39. The van der Waals surface area contributed by atoms with Crippen LogP contribution < -0.4 is 10.2 Å². The fourth-order valence-corrected chi connectivity index (χ4v) is 1.85. The zero-order valence-electron chi connectivity index (χ0n) is 10.6. The predicted octanol–water partition coefficient (Wildman–Crippen LogP) is 2.75. The average molecular weight is 277 g/mol. The maximum atomic E-state index is 11.0. The van der Waals surface area contributed by atoms with E-state index in [4.69, 9.17) is 11.6 Å². The van der Waals surface area contributed by atoms with Crippen molar-refractivity contribution in [1.82, 2.24) is 9.97 Å². The number of carbonyl (C=O) groups excluding carboxylic acids is 1. The first-order chi connectivity index (χ1) is 9.13. The number of rotatable bonds is 4. The fourth-order valence-electron chi connectivity index (χ4n) is 1.68. The molecular formula is C13H13ClN4O. The number of nitrogens with one attached hydrogen (secondary N) is 1. The van der Waals surface area contributed by atoms with Crippen LogP contribution in [-0.4, -0.2) is 30.3 Å². The summed E-state index contributed by atoms with van der Waals surface area (Å²) >= 11 is 5.87. The van der Waals surface area contributed by atoms with E-state index >= 15 is 0 Å². The highest BCUT2D eigenvalue weighted by atomic mass is 35.5. The van der Waals surface area contributed by atoms with E-state index < -0.39 is 0 Å². The third kappa shape index (κ3) is 2.82. The summed E-state index contributed by atoms with van der Waals surface area (Å²) in [4.78, 5) is 20.8. The molecule has 0 aliphatic heterocycles. The number of nitrogens with zero attached hydrogens (tertiary/aromatic N) is 3. The topological polar surface area (TPSA) is 58.1 Å². The van der Waals surface area contributed by atoms with Gasteiger partial charge >= 0.3 is 0 Å². The van der Waals surface area contributed by atoms with Crippen molar-refractivity contribution >= 4 is 35.1 Å². The van der Waals surface area contributed by atoms with Crippen LogP contribution in [0, 0.1) is 0 Å². The van der Waals surface area contributed by atoms with E-state index in [1.807, 2.05) is 43.3 Å². The molecule has 0 aliphatic carbocycles. The van der Waals surface area contributed by atoms with E-state index in [2.05, 4.69) is 15.3 Å². The number of anilines is 3. The van der Waals surface area contributed by atoms with Crippen molar-refractivity contribution in [2.45, 2.75) is 0 Å². The van der Waals surface area contributed by atoms with E-state index in [1.54, 1.807) is 0 Å². The molecule has 1 aromatic carbocycles. The first kappa shape index (κ1) is 13.3. The summed E-state index contributed by atoms with van der Waals surface area (Å²) < 4.78 is 0. The van der Waals surface area contributed by atoms with Crippen LogP contribution in [0.2, 0.25) is 5.15 Å². The molecule has 0 bridgehead atoms. The number of para-hydroxylation sites is 2. The van der Waals surface area contributed by atoms with Crippen LogP contribution >= 0.6 is 11.6 Å². The van der Waals surface area contributed by atoms with Gasteiger partial charge < -0.3 is 10.2 Å². The minimum atomic E-state index is 0.134. The molecule has 0 radical (unpaired) electrons. The maximum Gasteiger partial charge on any atom is 0.156 e. The van der Waals surface area contributed by atoms with Crippen molar-refractivity contribution in [1.29, 1.82) is 0 Å². The Bertz CT molecular complexity index is 601. The van der Waals surface area contributed by atoms with Gasteiger partial charge in [-0.25, -0.2) is 9.97 Å². The van der Waals surface area contributed by atoms with Gasteiger partial charge in [-0.15, -0.1) is 0 Å². The maximum absolute atomic E-state index is 11.0. The summed E-state index contributed by atoms with van der Waals surface area (Å²) in [5.41, 5.74) is 2.07. The van der Waals surface area contributed by atoms with Crippen molar-refractivity contribution in [2.75, 3.05) is 24.3 Å². The predicted molar refractivity (Wildman–Crippen MR) is 76.5 cm³/mol. The quantitative estimate of drug-likeness (QED) is 0.687. The minimum Gasteiger partial charge on any atom is -0.376 e. The summed E-state index contributed by atoms with van der Waals surface area (Å²) in [6.07, 6.45) is 1.96. The molecule has 0 aliphatic rings. The second-order valence-corrected chi connectivity index (χ2v) is 4.44. The lowest BCUT2D eigenvalue weighted by molar-refractivity contribution is 0.112. The lowest BCUT2D eigenvalue weighted by Gasteiger charge is -2.18. The minimum absolute atomic E-state index is 0.134. The zero-order valence-corrected chi connectivity index (χ0v) is 11.3.